The predicted octanol–water partition coefficient (Wildman–Crippen LogP) is -5.04. The van der Waals surface area contributed by atoms with Gasteiger partial charge in [-0.3, -0.25) is 0 Å². The average molecular weight is 428 g/mol. The minimum Gasteiger partial charge on any atom is -1.00 e. The van der Waals surface area contributed by atoms with Gasteiger partial charge in [0, 0.05) is 26.2 Å². The molecule has 0 bridgehead atoms. The maximum atomic E-state index is 4.49. The molecule has 2 fully saturated rings. The molecule has 140 valence electrons. The molecule has 0 radical (unpaired) electrons. The molecule has 1 aromatic rings. The summed E-state index contributed by atoms with van der Waals surface area (Å²) in [6.45, 7) is 4.22. The minimum absolute atomic E-state index is 0. The van der Waals surface area contributed by atoms with E-state index < -0.39 is 0 Å². The first kappa shape index (κ1) is 24.1. The summed E-state index contributed by atoms with van der Waals surface area (Å²) in [6, 6.07) is 5.82. The van der Waals surface area contributed by atoms with Gasteiger partial charge in [-0.15, -0.1) is 0 Å². The zero-order valence-corrected chi connectivity index (χ0v) is 16.5. The van der Waals surface area contributed by atoms with Crippen molar-refractivity contribution in [3.63, 3.8) is 0 Å². The summed E-state index contributed by atoms with van der Waals surface area (Å²) in [4.78, 5) is 4.49. The molecule has 2 saturated heterocycles. The summed E-state index contributed by atoms with van der Waals surface area (Å²) >= 11 is 0. The van der Waals surface area contributed by atoms with Crippen LogP contribution >= 0.6 is 0 Å². The van der Waals surface area contributed by atoms with Gasteiger partial charge in [-0.25, -0.2) is 26.1 Å². The Labute approximate surface area is 171 Å². The van der Waals surface area contributed by atoms with Crippen molar-refractivity contribution in [2.24, 2.45) is 10.2 Å². The summed E-state index contributed by atoms with van der Waals surface area (Å²) in [5, 5.41) is 12.7. The normalized spacial score (nSPS) is 17.9. The summed E-state index contributed by atoms with van der Waals surface area (Å²) in [6.07, 6.45) is 8.41. The zero-order valence-electron chi connectivity index (χ0n) is 13.9. The average Bonchev–Trinajstić information content (AvgIpc) is 3.21. The van der Waals surface area contributed by atoms with Crippen molar-refractivity contribution in [2.75, 3.05) is 26.2 Å². The fraction of sp³-hybridized carbons (Fsp3) is 0.533. The molecule has 3 heterocycles. The molecular formula is C15H23Cl2FeN7. The van der Waals surface area contributed by atoms with Gasteiger partial charge >= 0.3 is 17.1 Å². The van der Waals surface area contributed by atoms with Crippen LogP contribution in [0.5, 0.6) is 0 Å². The largest absolute Gasteiger partial charge is 2.00 e. The quantitative estimate of drug-likeness (QED) is 0.270. The van der Waals surface area contributed by atoms with E-state index in [0.29, 0.717) is 0 Å². The van der Waals surface area contributed by atoms with Crippen LogP contribution in [-0.4, -0.2) is 53.6 Å². The standard InChI is InChI=1S/C15H23N7.2ClH.Fe/c1-2-9-21(8-1)19-16-12-14-6-5-7-15(18-14)13-17-20-22-10-3-4-11-22;;;/h5-7,12-13,19-20H,1-4,8-11H2;2*1H;/q;;;+2/p-2. The molecule has 0 aliphatic carbocycles. The molecule has 0 saturated carbocycles. The van der Waals surface area contributed by atoms with E-state index in [0.717, 1.165) is 37.6 Å². The van der Waals surface area contributed by atoms with Crippen molar-refractivity contribution >= 4 is 12.4 Å². The summed E-state index contributed by atoms with van der Waals surface area (Å²) < 4.78 is 0. The number of hydrogen-bond donors (Lipinski definition) is 2. The number of aromatic nitrogens is 1. The Morgan fingerprint density at radius 1 is 0.800 bits per heavy atom. The molecule has 0 unspecified atom stereocenters. The molecule has 0 spiro atoms. The van der Waals surface area contributed by atoms with Gasteiger partial charge < -0.3 is 24.8 Å². The van der Waals surface area contributed by atoms with Crippen LogP contribution in [-0.2, 0) is 17.1 Å². The summed E-state index contributed by atoms with van der Waals surface area (Å²) in [5.74, 6) is 0. The van der Waals surface area contributed by atoms with Crippen molar-refractivity contribution < 1.29 is 41.9 Å². The predicted molar refractivity (Wildman–Crippen MR) is 87.3 cm³/mol. The third-order valence-electron chi connectivity index (χ3n) is 3.80. The second-order valence-corrected chi connectivity index (χ2v) is 5.59. The van der Waals surface area contributed by atoms with Crippen LogP contribution in [0.4, 0.5) is 0 Å². The molecule has 0 amide bonds. The van der Waals surface area contributed by atoms with E-state index in [1.54, 1.807) is 12.4 Å². The number of halogens is 2. The van der Waals surface area contributed by atoms with Crippen molar-refractivity contribution in [1.29, 1.82) is 0 Å². The van der Waals surface area contributed by atoms with Gasteiger partial charge in [-0.1, -0.05) is 6.07 Å². The third kappa shape index (κ3) is 8.35. The monoisotopic (exact) mass is 427 g/mol. The smallest absolute Gasteiger partial charge is 1.00 e. The van der Waals surface area contributed by atoms with Crippen LogP contribution in [0, 0.1) is 0 Å². The first-order valence-corrected chi connectivity index (χ1v) is 7.94. The van der Waals surface area contributed by atoms with Crippen LogP contribution in [0.2, 0.25) is 0 Å². The molecule has 10 heteroatoms. The summed E-state index contributed by atoms with van der Waals surface area (Å²) in [7, 11) is 0. The number of hydrazone groups is 2. The number of rotatable bonds is 6. The van der Waals surface area contributed by atoms with E-state index >= 15 is 0 Å². The molecule has 25 heavy (non-hydrogen) atoms. The summed E-state index contributed by atoms with van der Waals surface area (Å²) in [5.41, 5.74) is 7.71. The van der Waals surface area contributed by atoms with E-state index in [4.69, 9.17) is 0 Å². The Morgan fingerprint density at radius 3 is 1.60 bits per heavy atom. The van der Waals surface area contributed by atoms with Gasteiger partial charge in [-0.05, 0) is 37.8 Å². The van der Waals surface area contributed by atoms with E-state index in [1.165, 1.54) is 25.7 Å². The topological polar surface area (TPSA) is 68.2 Å². The van der Waals surface area contributed by atoms with Crippen LogP contribution in [0.25, 0.3) is 0 Å². The van der Waals surface area contributed by atoms with Crippen molar-refractivity contribution in [3.05, 3.63) is 29.6 Å². The second kappa shape index (κ2) is 13.3. The Morgan fingerprint density at radius 2 is 1.20 bits per heavy atom. The van der Waals surface area contributed by atoms with Crippen molar-refractivity contribution in [2.45, 2.75) is 25.7 Å². The fourth-order valence-electron chi connectivity index (χ4n) is 2.60. The van der Waals surface area contributed by atoms with Crippen LogP contribution in [0.3, 0.4) is 0 Å². The minimum atomic E-state index is 0. The fourth-order valence-corrected chi connectivity index (χ4v) is 2.60. The molecule has 2 aliphatic heterocycles. The van der Waals surface area contributed by atoms with Gasteiger partial charge in [0.2, 0.25) is 0 Å². The zero-order chi connectivity index (χ0) is 15.0. The number of nitrogens with one attached hydrogen (secondary N) is 2. The van der Waals surface area contributed by atoms with Crippen LogP contribution < -0.4 is 35.9 Å². The maximum Gasteiger partial charge on any atom is 2.00 e. The molecule has 3 rings (SSSR count). The van der Waals surface area contributed by atoms with E-state index in [2.05, 4.69) is 36.3 Å². The van der Waals surface area contributed by atoms with Gasteiger partial charge in [0.15, 0.2) is 0 Å². The maximum absolute atomic E-state index is 4.49. The molecule has 2 N–H and O–H groups in total. The Balaban J connectivity index is 0.00000192. The van der Waals surface area contributed by atoms with Gasteiger partial charge in [0.1, 0.15) is 0 Å². The van der Waals surface area contributed by atoms with Gasteiger partial charge in [0.05, 0.1) is 23.8 Å². The molecule has 2 aliphatic rings. The first-order chi connectivity index (χ1) is 10.9. The Bertz CT molecular complexity index is 489. The van der Waals surface area contributed by atoms with E-state index in [1.807, 2.05) is 18.2 Å². The van der Waals surface area contributed by atoms with E-state index in [-0.39, 0.29) is 41.9 Å². The first-order valence-electron chi connectivity index (χ1n) is 7.94. The number of hydrogen-bond acceptors (Lipinski definition) is 7. The molecular weight excluding hydrogens is 405 g/mol. The van der Waals surface area contributed by atoms with Crippen molar-refractivity contribution in [1.82, 2.24) is 26.1 Å². The Kier molecular flexibility index (Phi) is 12.9. The van der Waals surface area contributed by atoms with Crippen LogP contribution in [0.15, 0.2) is 28.4 Å². The molecule has 0 atom stereocenters. The Hall–Kier alpha value is -0.891. The number of nitrogens with zero attached hydrogens (tertiary/aromatic N) is 5. The van der Waals surface area contributed by atoms with Gasteiger partial charge in [-0.2, -0.15) is 10.2 Å². The van der Waals surface area contributed by atoms with E-state index in [9.17, 15) is 0 Å². The van der Waals surface area contributed by atoms with Crippen molar-refractivity contribution in [3.8, 4) is 0 Å². The number of hydrazine groups is 2. The second-order valence-electron chi connectivity index (χ2n) is 5.59. The van der Waals surface area contributed by atoms with Crippen LogP contribution in [0.1, 0.15) is 37.1 Å². The third-order valence-corrected chi connectivity index (χ3v) is 3.80. The molecule has 1 aromatic heterocycles. The molecule has 0 aromatic carbocycles. The SMILES string of the molecule is C(=NNN1CCCC1)c1cccc(C=NNN2CCCC2)n1.[Cl-].[Cl-].[Fe+2]. The number of pyridine rings is 1. The van der Waals surface area contributed by atoms with Gasteiger partial charge in [0.25, 0.3) is 0 Å². The molecule has 7 nitrogen and oxygen atoms in total.